The quantitative estimate of drug-likeness (QED) is 0.535. The van der Waals surface area contributed by atoms with Crippen molar-refractivity contribution in [2.45, 2.75) is 12.6 Å². The summed E-state index contributed by atoms with van der Waals surface area (Å²) in [5.74, 6) is 0. The number of hydrogen-bond donors (Lipinski definition) is 2. The second-order valence-corrected chi connectivity index (χ2v) is 2.32. The minimum absolute atomic E-state index is 0.136. The second kappa shape index (κ2) is 3.93. The number of aldehydes is 1. The first kappa shape index (κ1) is 8.82. The first-order valence-corrected chi connectivity index (χ1v) is 3.40. The van der Waals surface area contributed by atoms with Gasteiger partial charge in [0.05, 0.1) is 25.5 Å². The van der Waals surface area contributed by atoms with Crippen LogP contribution in [-0.2, 0) is 6.54 Å². The lowest BCUT2D eigenvalue weighted by Gasteiger charge is -2.04. The zero-order valence-electron chi connectivity index (χ0n) is 6.29. The van der Waals surface area contributed by atoms with Gasteiger partial charge >= 0.3 is 0 Å². The summed E-state index contributed by atoms with van der Waals surface area (Å²) >= 11 is 0. The van der Waals surface area contributed by atoms with Gasteiger partial charge in [0.25, 0.3) is 0 Å². The number of carbonyl (C=O) groups excluding carboxylic acids is 1. The number of nitrogens with zero attached hydrogens (tertiary/aromatic N) is 3. The van der Waals surface area contributed by atoms with Gasteiger partial charge in [0.15, 0.2) is 6.29 Å². The molecule has 0 saturated heterocycles. The molecule has 1 aromatic rings. The van der Waals surface area contributed by atoms with Crippen molar-refractivity contribution in [3.05, 3.63) is 11.9 Å². The third kappa shape index (κ3) is 2.11. The van der Waals surface area contributed by atoms with Gasteiger partial charge in [-0.3, -0.25) is 4.79 Å². The summed E-state index contributed by atoms with van der Waals surface area (Å²) in [5.41, 5.74) is 0.208. The molecule has 0 amide bonds. The van der Waals surface area contributed by atoms with Crippen LogP contribution in [-0.4, -0.2) is 44.2 Å². The van der Waals surface area contributed by atoms with Crippen LogP contribution in [0.3, 0.4) is 0 Å². The van der Waals surface area contributed by atoms with E-state index in [4.69, 9.17) is 10.2 Å². The molecule has 1 atom stereocenters. The van der Waals surface area contributed by atoms with Crippen molar-refractivity contribution in [3.63, 3.8) is 0 Å². The van der Waals surface area contributed by atoms with Crippen molar-refractivity contribution in [1.29, 1.82) is 0 Å². The Kier molecular flexibility index (Phi) is 2.89. The Balaban J connectivity index is 2.57. The summed E-state index contributed by atoms with van der Waals surface area (Å²) in [6.45, 7) is -0.201. The van der Waals surface area contributed by atoms with E-state index in [-0.39, 0.29) is 18.8 Å². The van der Waals surface area contributed by atoms with Crippen molar-refractivity contribution in [2.75, 3.05) is 6.61 Å². The fourth-order valence-electron chi connectivity index (χ4n) is 0.730. The summed E-state index contributed by atoms with van der Waals surface area (Å²) in [7, 11) is 0. The molecule has 0 radical (unpaired) electrons. The highest BCUT2D eigenvalue weighted by atomic mass is 16.3. The predicted molar refractivity (Wildman–Crippen MR) is 38.5 cm³/mol. The molecule has 66 valence electrons. The molecular formula is C6H9N3O3. The van der Waals surface area contributed by atoms with Gasteiger partial charge in [-0.25, -0.2) is 4.68 Å². The van der Waals surface area contributed by atoms with Crippen LogP contribution in [0.1, 0.15) is 10.5 Å². The lowest BCUT2D eigenvalue weighted by molar-refractivity contribution is 0.0778. The van der Waals surface area contributed by atoms with Crippen LogP contribution in [0, 0.1) is 0 Å². The van der Waals surface area contributed by atoms with E-state index >= 15 is 0 Å². The minimum Gasteiger partial charge on any atom is -0.394 e. The van der Waals surface area contributed by atoms with Gasteiger partial charge in [-0.1, -0.05) is 5.21 Å². The van der Waals surface area contributed by atoms with Gasteiger partial charge in [-0.05, 0) is 0 Å². The first-order chi connectivity index (χ1) is 5.76. The molecule has 0 bridgehead atoms. The van der Waals surface area contributed by atoms with Crippen LogP contribution in [0.5, 0.6) is 0 Å². The van der Waals surface area contributed by atoms with Crippen LogP contribution < -0.4 is 0 Å². The maximum atomic E-state index is 10.1. The molecule has 1 heterocycles. The van der Waals surface area contributed by atoms with E-state index in [1.165, 1.54) is 10.9 Å². The molecule has 12 heavy (non-hydrogen) atoms. The highest BCUT2D eigenvalue weighted by molar-refractivity contribution is 5.70. The van der Waals surface area contributed by atoms with E-state index < -0.39 is 6.10 Å². The molecule has 0 aliphatic heterocycles. The molecule has 0 spiro atoms. The number of hydrogen-bond acceptors (Lipinski definition) is 5. The Labute approximate surface area is 68.4 Å². The molecule has 0 aliphatic carbocycles. The average molecular weight is 171 g/mol. The molecule has 6 heteroatoms. The third-order valence-electron chi connectivity index (χ3n) is 1.29. The number of aromatic nitrogens is 3. The van der Waals surface area contributed by atoms with Crippen molar-refractivity contribution >= 4 is 6.29 Å². The normalized spacial score (nSPS) is 12.8. The lowest BCUT2D eigenvalue weighted by Crippen LogP contribution is -2.20. The Bertz CT molecular complexity index is 260. The van der Waals surface area contributed by atoms with E-state index in [1.807, 2.05) is 0 Å². The van der Waals surface area contributed by atoms with Gasteiger partial charge in [-0.2, -0.15) is 0 Å². The summed E-state index contributed by atoms with van der Waals surface area (Å²) in [5, 5.41) is 24.5. The molecule has 6 nitrogen and oxygen atoms in total. The van der Waals surface area contributed by atoms with E-state index in [0.29, 0.717) is 6.29 Å². The van der Waals surface area contributed by atoms with E-state index in [0.717, 1.165) is 0 Å². The Hall–Kier alpha value is -1.27. The highest BCUT2D eigenvalue weighted by Crippen LogP contribution is 1.91. The second-order valence-electron chi connectivity index (χ2n) is 2.32. The molecule has 1 aromatic heterocycles. The van der Waals surface area contributed by atoms with Crippen LogP contribution in [0.25, 0.3) is 0 Å². The summed E-state index contributed by atoms with van der Waals surface area (Å²) in [6, 6.07) is 0. The molecule has 1 unspecified atom stereocenters. The standard InChI is InChI=1S/C6H9N3O3/c10-3-5-1-9(8-7-5)2-6(12)4-11/h1,3,6,11-12H,2,4H2. The summed E-state index contributed by atoms with van der Waals surface area (Å²) < 4.78 is 1.30. The fourth-order valence-corrected chi connectivity index (χ4v) is 0.730. The first-order valence-electron chi connectivity index (χ1n) is 3.40. The van der Waals surface area contributed by atoms with Gasteiger partial charge in [0.1, 0.15) is 5.69 Å². The predicted octanol–water partition coefficient (Wildman–Crippen LogP) is -1.56. The molecule has 1 rings (SSSR count). The Morgan fingerprint density at radius 3 is 3.00 bits per heavy atom. The number of aliphatic hydroxyl groups is 2. The molecule has 0 fully saturated rings. The fraction of sp³-hybridized carbons (Fsp3) is 0.500. The minimum atomic E-state index is -0.869. The summed E-state index contributed by atoms with van der Waals surface area (Å²) in [4.78, 5) is 10.1. The topological polar surface area (TPSA) is 88.2 Å². The van der Waals surface area contributed by atoms with E-state index in [9.17, 15) is 4.79 Å². The molecule has 0 saturated carbocycles. The molecular weight excluding hydrogens is 162 g/mol. The van der Waals surface area contributed by atoms with Crippen molar-refractivity contribution in [3.8, 4) is 0 Å². The van der Waals surface area contributed by atoms with Crippen molar-refractivity contribution in [1.82, 2.24) is 15.0 Å². The maximum Gasteiger partial charge on any atom is 0.171 e. The molecule has 0 aromatic carbocycles. The van der Waals surface area contributed by atoms with Crippen LogP contribution in [0.4, 0.5) is 0 Å². The summed E-state index contributed by atoms with van der Waals surface area (Å²) in [6.07, 6.45) is 1.09. The van der Waals surface area contributed by atoms with Gasteiger partial charge < -0.3 is 10.2 Å². The highest BCUT2D eigenvalue weighted by Gasteiger charge is 2.04. The van der Waals surface area contributed by atoms with Gasteiger partial charge in [-0.15, -0.1) is 5.10 Å². The number of aliphatic hydroxyl groups excluding tert-OH is 2. The Morgan fingerprint density at radius 1 is 1.75 bits per heavy atom. The van der Waals surface area contributed by atoms with E-state index in [1.54, 1.807) is 0 Å². The van der Waals surface area contributed by atoms with Gasteiger partial charge in [0.2, 0.25) is 0 Å². The van der Waals surface area contributed by atoms with Crippen LogP contribution in [0.2, 0.25) is 0 Å². The smallest absolute Gasteiger partial charge is 0.171 e. The molecule has 0 aliphatic rings. The largest absolute Gasteiger partial charge is 0.394 e. The maximum absolute atomic E-state index is 10.1. The number of rotatable bonds is 4. The van der Waals surface area contributed by atoms with Crippen LogP contribution in [0.15, 0.2) is 6.20 Å². The van der Waals surface area contributed by atoms with Crippen molar-refractivity contribution < 1.29 is 15.0 Å². The monoisotopic (exact) mass is 171 g/mol. The lowest BCUT2D eigenvalue weighted by atomic mass is 10.4. The zero-order valence-corrected chi connectivity index (χ0v) is 6.29. The SMILES string of the molecule is O=Cc1cn(CC(O)CO)nn1. The average Bonchev–Trinajstić information content (AvgIpc) is 2.52. The molecule has 2 N–H and O–H groups in total. The third-order valence-corrected chi connectivity index (χ3v) is 1.29. The Morgan fingerprint density at radius 2 is 2.50 bits per heavy atom. The van der Waals surface area contributed by atoms with Gasteiger partial charge in [0, 0.05) is 0 Å². The van der Waals surface area contributed by atoms with Crippen LogP contribution >= 0.6 is 0 Å². The zero-order chi connectivity index (χ0) is 8.97. The van der Waals surface area contributed by atoms with E-state index in [2.05, 4.69) is 10.3 Å². The van der Waals surface area contributed by atoms with Crippen molar-refractivity contribution in [2.24, 2.45) is 0 Å². The number of carbonyl (C=O) groups is 1.